The maximum atomic E-state index is 12.1. The first kappa shape index (κ1) is 38.4. The third-order valence-corrected chi connectivity index (χ3v) is 8.76. The van der Waals surface area contributed by atoms with Crippen molar-refractivity contribution in [2.45, 2.75) is 219 Å². The molecule has 0 fully saturated rings. The summed E-state index contributed by atoms with van der Waals surface area (Å²) in [5, 5.41) is 0. The third-order valence-electron chi connectivity index (χ3n) is 8.76. The van der Waals surface area contributed by atoms with Crippen LogP contribution in [0, 0.1) is 5.92 Å². The van der Waals surface area contributed by atoms with Gasteiger partial charge in [0.15, 0.2) is 0 Å². The number of carbonyl (C=O) groups excluding carboxylic acids is 1. The summed E-state index contributed by atoms with van der Waals surface area (Å²) in [7, 11) is 0. The SMILES string of the molecule is CCCCCCCCCCCCCCCCCCC(CCCCCCCCCCCCCCCC)C(=O)ON. The van der Waals surface area contributed by atoms with Gasteiger partial charge in [-0.2, -0.15) is 5.90 Å². The summed E-state index contributed by atoms with van der Waals surface area (Å²) in [5.74, 6) is 5.06. The van der Waals surface area contributed by atoms with Crippen molar-refractivity contribution in [3.8, 4) is 0 Å². The van der Waals surface area contributed by atoms with Crippen molar-refractivity contribution in [3.63, 3.8) is 0 Å². The summed E-state index contributed by atoms with van der Waals surface area (Å²) >= 11 is 0. The fraction of sp³-hybridized carbons (Fsp3) is 0.972. The van der Waals surface area contributed by atoms with E-state index in [2.05, 4.69) is 18.7 Å². The van der Waals surface area contributed by atoms with Crippen LogP contribution in [-0.4, -0.2) is 5.97 Å². The molecule has 0 amide bonds. The van der Waals surface area contributed by atoms with Crippen LogP contribution in [-0.2, 0) is 9.63 Å². The van der Waals surface area contributed by atoms with Crippen molar-refractivity contribution >= 4 is 5.97 Å². The summed E-state index contributed by atoms with van der Waals surface area (Å²) in [4.78, 5) is 16.7. The molecule has 1 atom stereocenters. The molecule has 0 aromatic carbocycles. The zero-order valence-corrected chi connectivity index (χ0v) is 27.1. The molecule has 3 heteroatoms. The monoisotopic (exact) mass is 552 g/mol. The third kappa shape index (κ3) is 30.2. The number of carbonyl (C=O) groups is 1. The smallest absolute Gasteiger partial charge is 0.327 e. The first-order chi connectivity index (χ1) is 19.3. The van der Waals surface area contributed by atoms with E-state index < -0.39 is 0 Å². The van der Waals surface area contributed by atoms with Crippen LogP contribution in [0.1, 0.15) is 219 Å². The molecule has 39 heavy (non-hydrogen) atoms. The van der Waals surface area contributed by atoms with Crippen molar-refractivity contribution in [1.82, 2.24) is 0 Å². The molecule has 0 aliphatic carbocycles. The van der Waals surface area contributed by atoms with Gasteiger partial charge in [-0.1, -0.05) is 206 Å². The summed E-state index contributed by atoms with van der Waals surface area (Å²) in [6, 6.07) is 0. The van der Waals surface area contributed by atoms with Crippen LogP contribution in [0.3, 0.4) is 0 Å². The Morgan fingerprint density at radius 1 is 0.410 bits per heavy atom. The molecule has 3 nitrogen and oxygen atoms in total. The summed E-state index contributed by atoms with van der Waals surface area (Å²) in [6.07, 6.45) is 43.1. The fourth-order valence-electron chi connectivity index (χ4n) is 6.00. The topological polar surface area (TPSA) is 52.3 Å². The minimum absolute atomic E-state index is 0.0129. The molecular formula is C36H73NO2. The van der Waals surface area contributed by atoms with E-state index in [0.717, 1.165) is 25.7 Å². The molecular weight excluding hydrogens is 478 g/mol. The highest BCUT2D eigenvalue weighted by Crippen LogP contribution is 2.21. The number of unbranched alkanes of at least 4 members (excludes halogenated alkanes) is 28. The fourth-order valence-corrected chi connectivity index (χ4v) is 6.00. The predicted octanol–water partition coefficient (Wildman–Crippen LogP) is 12.5. The van der Waals surface area contributed by atoms with Crippen LogP contribution in [0.2, 0.25) is 0 Å². The lowest BCUT2D eigenvalue weighted by Gasteiger charge is -2.14. The molecule has 0 aliphatic rings. The Morgan fingerprint density at radius 3 is 0.821 bits per heavy atom. The van der Waals surface area contributed by atoms with Gasteiger partial charge in [0.05, 0.1) is 5.92 Å². The van der Waals surface area contributed by atoms with Gasteiger partial charge in [0.1, 0.15) is 0 Å². The molecule has 0 saturated carbocycles. The van der Waals surface area contributed by atoms with E-state index in [1.165, 1.54) is 180 Å². The highest BCUT2D eigenvalue weighted by molar-refractivity contribution is 5.71. The maximum Gasteiger partial charge on any atom is 0.327 e. The van der Waals surface area contributed by atoms with E-state index in [1.807, 2.05) is 0 Å². The van der Waals surface area contributed by atoms with Gasteiger partial charge in [-0.05, 0) is 12.8 Å². The number of hydrogen-bond acceptors (Lipinski definition) is 3. The molecule has 0 spiro atoms. The lowest BCUT2D eigenvalue weighted by molar-refractivity contribution is -0.149. The minimum atomic E-state index is -0.189. The zero-order chi connectivity index (χ0) is 28.5. The van der Waals surface area contributed by atoms with Crippen LogP contribution in [0.5, 0.6) is 0 Å². The number of rotatable bonds is 33. The average molecular weight is 552 g/mol. The molecule has 2 N–H and O–H groups in total. The Kier molecular flexibility index (Phi) is 33.1. The van der Waals surface area contributed by atoms with Gasteiger partial charge in [0.25, 0.3) is 0 Å². The first-order valence-corrected chi connectivity index (χ1v) is 18.2. The van der Waals surface area contributed by atoms with Crippen molar-refractivity contribution in [3.05, 3.63) is 0 Å². The Labute approximate surface area is 246 Å². The van der Waals surface area contributed by atoms with Gasteiger partial charge in [0, 0.05) is 0 Å². The molecule has 0 aliphatic heterocycles. The lowest BCUT2D eigenvalue weighted by Crippen LogP contribution is -2.21. The van der Waals surface area contributed by atoms with Crippen molar-refractivity contribution in [2.24, 2.45) is 11.8 Å². The molecule has 234 valence electrons. The molecule has 0 saturated heterocycles. The molecule has 1 unspecified atom stereocenters. The Balaban J connectivity index is 3.49. The van der Waals surface area contributed by atoms with Gasteiger partial charge in [-0.25, -0.2) is 0 Å². The van der Waals surface area contributed by atoms with E-state index in [9.17, 15) is 4.79 Å². The summed E-state index contributed by atoms with van der Waals surface area (Å²) < 4.78 is 0. The van der Waals surface area contributed by atoms with Crippen molar-refractivity contribution < 1.29 is 9.63 Å². The number of hydrogen-bond donors (Lipinski definition) is 1. The molecule has 0 heterocycles. The quantitative estimate of drug-likeness (QED) is 0.0651. The van der Waals surface area contributed by atoms with Crippen LogP contribution in [0.4, 0.5) is 0 Å². The second-order valence-electron chi connectivity index (χ2n) is 12.6. The van der Waals surface area contributed by atoms with Gasteiger partial charge < -0.3 is 4.84 Å². The minimum Gasteiger partial charge on any atom is -0.373 e. The van der Waals surface area contributed by atoms with E-state index in [1.54, 1.807) is 0 Å². The van der Waals surface area contributed by atoms with E-state index >= 15 is 0 Å². The molecule has 0 aromatic rings. The van der Waals surface area contributed by atoms with Crippen LogP contribution < -0.4 is 5.90 Å². The van der Waals surface area contributed by atoms with Crippen LogP contribution >= 0.6 is 0 Å². The lowest BCUT2D eigenvalue weighted by atomic mass is 9.94. The normalized spacial score (nSPS) is 12.2. The average Bonchev–Trinajstić information content (AvgIpc) is 2.95. The largest absolute Gasteiger partial charge is 0.373 e. The Morgan fingerprint density at radius 2 is 0.615 bits per heavy atom. The van der Waals surface area contributed by atoms with Crippen molar-refractivity contribution in [2.75, 3.05) is 0 Å². The van der Waals surface area contributed by atoms with E-state index in [4.69, 9.17) is 5.90 Å². The molecule has 0 rings (SSSR count). The summed E-state index contributed by atoms with van der Waals surface area (Å²) in [6.45, 7) is 4.58. The predicted molar refractivity (Wildman–Crippen MR) is 173 cm³/mol. The second kappa shape index (κ2) is 33.6. The maximum absolute atomic E-state index is 12.1. The van der Waals surface area contributed by atoms with Gasteiger partial charge >= 0.3 is 5.97 Å². The molecule has 0 aromatic heterocycles. The van der Waals surface area contributed by atoms with Crippen LogP contribution in [0.25, 0.3) is 0 Å². The first-order valence-electron chi connectivity index (χ1n) is 18.2. The zero-order valence-electron chi connectivity index (χ0n) is 27.1. The van der Waals surface area contributed by atoms with E-state index in [-0.39, 0.29) is 11.9 Å². The molecule has 0 radical (unpaired) electrons. The van der Waals surface area contributed by atoms with Crippen molar-refractivity contribution in [1.29, 1.82) is 0 Å². The van der Waals surface area contributed by atoms with E-state index in [0.29, 0.717) is 0 Å². The van der Waals surface area contributed by atoms with Gasteiger partial charge in [-0.15, -0.1) is 0 Å². The standard InChI is InChI=1S/C36H73NO2/c1-3-5-7-9-11-13-15-17-19-20-22-24-26-28-30-32-34-35(36(38)39-37)33-31-29-27-25-23-21-18-16-14-12-10-8-6-4-2/h35H,3-34,37H2,1-2H3. The highest BCUT2D eigenvalue weighted by atomic mass is 16.7. The Hall–Kier alpha value is -0.570. The van der Waals surface area contributed by atoms with Gasteiger partial charge in [0.2, 0.25) is 0 Å². The molecule has 0 bridgehead atoms. The number of nitrogens with two attached hydrogens (primary N) is 1. The van der Waals surface area contributed by atoms with Crippen LogP contribution in [0.15, 0.2) is 0 Å². The van der Waals surface area contributed by atoms with Gasteiger partial charge in [-0.3, -0.25) is 4.79 Å². The summed E-state index contributed by atoms with van der Waals surface area (Å²) in [5.41, 5.74) is 0. The Bertz CT molecular complexity index is 467. The highest BCUT2D eigenvalue weighted by Gasteiger charge is 2.18. The second-order valence-corrected chi connectivity index (χ2v) is 12.6.